The van der Waals surface area contributed by atoms with Gasteiger partial charge in [0.05, 0.1) is 11.3 Å². The Morgan fingerprint density at radius 3 is 2.48 bits per heavy atom. The summed E-state index contributed by atoms with van der Waals surface area (Å²) in [5.41, 5.74) is 2.86. The number of carboxylic acids is 1. The number of carboxylic acid groups (broad SMARTS) is 1. The Labute approximate surface area is 120 Å². The van der Waals surface area contributed by atoms with Gasteiger partial charge in [0.2, 0.25) is 0 Å². The molecule has 0 amide bonds. The van der Waals surface area contributed by atoms with E-state index in [4.69, 9.17) is 5.11 Å². The van der Waals surface area contributed by atoms with Gasteiger partial charge in [-0.05, 0) is 30.7 Å². The SMILES string of the molecule is Cc1c(-c2ccccc2)[nH]c2ccc(C(=O)O)cc2c1=O. The van der Waals surface area contributed by atoms with Crippen LogP contribution in [-0.2, 0) is 0 Å². The van der Waals surface area contributed by atoms with Gasteiger partial charge in [-0.3, -0.25) is 4.79 Å². The first-order valence-electron chi connectivity index (χ1n) is 6.53. The Morgan fingerprint density at radius 2 is 1.81 bits per heavy atom. The third-order valence-electron chi connectivity index (χ3n) is 3.55. The molecule has 2 N–H and O–H groups in total. The van der Waals surface area contributed by atoms with Gasteiger partial charge in [-0.15, -0.1) is 0 Å². The van der Waals surface area contributed by atoms with Gasteiger partial charge < -0.3 is 10.1 Å². The first kappa shape index (κ1) is 13.1. The Hall–Kier alpha value is -2.88. The van der Waals surface area contributed by atoms with Crippen molar-refractivity contribution in [3.05, 3.63) is 69.9 Å². The largest absolute Gasteiger partial charge is 0.478 e. The average molecular weight is 279 g/mol. The highest BCUT2D eigenvalue weighted by Gasteiger charge is 2.12. The van der Waals surface area contributed by atoms with Gasteiger partial charge in [-0.25, -0.2) is 4.79 Å². The van der Waals surface area contributed by atoms with Gasteiger partial charge in [0.1, 0.15) is 0 Å². The maximum absolute atomic E-state index is 12.5. The van der Waals surface area contributed by atoms with Crippen LogP contribution < -0.4 is 5.43 Å². The van der Waals surface area contributed by atoms with Crippen LogP contribution in [0.1, 0.15) is 15.9 Å². The smallest absolute Gasteiger partial charge is 0.335 e. The average Bonchev–Trinajstić information content (AvgIpc) is 2.51. The molecule has 0 aliphatic rings. The number of hydrogen-bond acceptors (Lipinski definition) is 2. The van der Waals surface area contributed by atoms with Gasteiger partial charge in [0, 0.05) is 16.5 Å². The molecule has 1 heterocycles. The molecule has 0 bridgehead atoms. The van der Waals surface area contributed by atoms with E-state index >= 15 is 0 Å². The second-order valence-corrected chi connectivity index (χ2v) is 4.89. The zero-order chi connectivity index (χ0) is 15.0. The lowest BCUT2D eigenvalue weighted by atomic mass is 10.0. The third kappa shape index (κ3) is 2.21. The van der Waals surface area contributed by atoms with Crippen LogP contribution in [0.2, 0.25) is 0 Å². The number of carbonyl (C=O) groups is 1. The normalized spacial score (nSPS) is 10.7. The highest BCUT2D eigenvalue weighted by atomic mass is 16.4. The van der Waals surface area contributed by atoms with Crippen molar-refractivity contribution >= 4 is 16.9 Å². The van der Waals surface area contributed by atoms with Crippen LogP contribution in [0.15, 0.2) is 53.3 Å². The van der Waals surface area contributed by atoms with E-state index in [1.807, 2.05) is 30.3 Å². The summed E-state index contributed by atoms with van der Waals surface area (Å²) in [5.74, 6) is -1.04. The molecule has 1 aromatic heterocycles. The fourth-order valence-electron chi connectivity index (χ4n) is 2.41. The van der Waals surface area contributed by atoms with Crippen LogP contribution in [0.5, 0.6) is 0 Å². The number of pyridine rings is 1. The van der Waals surface area contributed by atoms with Crippen molar-refractivity contribution in [2.75, 3.05) is 0 Å². The highest BCUT2D eigenvalue weighted by Crippen LogP contribution is 2.22. The fraction of sp³-hybridized carbons (Fsp3) is 0.0588. The zero-order valence-electron chi connectivity index (χ0n) is 11.4. The fourth-order valence-corrected chi connectivity index (χ4v) is 2.41. The van der Waals surface area contributed by atoms with Gasteiger partial charge in [-0.2, -0.15) is 0 Å². The minimum absolute atomic E-state index is 0.111. The molecule has 21 heavy (non-hydrogen) atoms. The van der Waals surface area contributed by atoms with E-state index in [-0.39, 0.29) is 11.0 Å². The molecule has 0 radical (unpaired) electrons. The molecule has 0 aliphatic heterocycles. The molecule has 104 valence electrons. The summed E-state index contributed by atoms with van der Waals surface area (Å²) < 4.78 is 0. The van der Waals surface area contributed by atoms with E-state index in [1.54, 1.807) is 13.0 Å². The monoisotopic (exact) mass is 279 g/mol. The molecule has 3 aromatic rings. The number of H-pyrrole nitrogens is 1. The van der Waals surface area contributed by atoms with E-state index < -0.39 is 5.97 Å². The first-order chi connectivity index (χ1) is 10.1. The second-order valence-electron chi connectivity index (χ2n) is 4.89. The molecule has 4 nitrogen and oxygen atoms in total. The summed E-state index contributed by atoms with van der Waals surface area (Å²) in [7, 11) is 0. The van der Waals surface area contributed by atoms with Crippen LogP contribution in [0.25, 0.3) is 22.2 Å². The number of fused-ring (bicyclic) bond motifs is 1. The number of benzene rings is 2. The number of hydrogen-bond donors (Lipinski definition) is 2. The second kappa shape index (κ2) is 4.90. The van der Waals surface area contributed by atoms with Crippen molar-refractivity contribution in [3.63, 3.8) is 0 Å². The summed E-state index contributed by atoms with van der Waals surface area (Å²) in [6.45, 7) is 1.74. The molecule has 0 unspecified atom stereocenters. The van der Waals surface area contributed by atoms with Crippen molar-refractivity contribution in [2.24, 2.45) is 0 Å². The lowest BCUT2D eigenvalue weighted by molar-refractivity contribution is 0.0697. The topological polar surface area (TPSA) is 70.2 Å². The van der Waals surface area contributed by atoms with E-state index in [9.17, 15) is 9.59 Å². The number of rotatable bonds is 2. The number of nitrogens with one attached hydrogen (secondary N) is 1. The standard InChI is InChI=1S/C17H13NO3/c1-10-15(11-5-3-2-4-6-11)18-14-8-7-12(17(20)21)9-13(14)16(10)19/h2-9H,1H3,(H,18,19)(H,20,21). The Kier molecular flexibility index (Phi) is 3.06. The Morgan fingerprint density at radius 1 is 1.10 bits per heavy atom. The van der Waals surface area contributed by atoms with Crippen molar-refractivity contribution in [1.29, 1.82) is 0 Å². The molecular formula is C17H13NO3. The van der Waals surface area contributed by atoms with Crippen molar-refractivity contribution in [2.45, 2.75) is 6.92 Å². The summed E-state index contributed by atoms with van der Waals surface area (Å²) in [6, 6.07) is 14.1. The molecule has 4 heteroatoms. The van der Waals surface area contributed by atoms with Gasteiger partial charge in [-0.1, -0.05) is 30.3 Å². The van der Waals surface area contributed by atoms with Crippen molar-refractivity contribution < 1.29 is 9.90 Å². The van der Waals surface area contributed by atoms with Crippen LogP contribution in [-0.4, -0.2) is 16.1 Å². The minimum atomic E-state index is -1.04. The van der Waals surface area contributed by atoms with E-state index in [0.29, 0.717) is 16.5 Å². The number of aromatic amines is 1. The van der Waals surface area contributed by atoms with E-state index in [1.165, 1.54) is 12.1 Å². The molecule has 0 fully saturated rings. The predicted molar refractivity (Wildman–Crippen MR) is 81.7 cm³/mol. The molecule has 0 aliphatic carbocycles. The summed E-state index contributed by atoms with van der Waals surface area (Å²) in [5, 5.41) is 9.42. The molecule has 0 saturated carbocycles. The third-order valence-corrected chi connectivity index (χ3v) is 3.55. The van der Waals surface area contributed by atoms with Crippen LogP contribution in [0.4, 0.5) is 0 Å². The molecule has 0 saturated heterocycles. The van der Waals surface area contributed by atoms with Gasteiger partial charge in [0.15, 0.2) is 5.43 Å². The number of aromatic carboxylic acids is 1. The van der Waals surface area contributed by atoms with E-state index in [0.717, 1.165) is 11.3 Å². The predicted octanol–water partition coefficient (Wildman–Crippen LogP) is 3.20. The van der Waals surface area contributed by atoms with Crippen LogP contribution in [0, 0.1) is 6.92 Å². The maximum atomic E-state index is 12.5. The van der Waals surface area contributed by atoms with Crippen molar-refractivity contribution in [3.8, 4) is 11.3 Å². The zero-order valence-corrected chi connectivity index (χ0v) is 11.4. The summed E-state index contributed by atoms with van der Waals surface area (Å²) in [6.07, 6.45) is 0. The molecule has 2 aromatic carbocycles. The quantitative estimate of drug-likeness (QED) is 0.756. The molecule has 3 rings (SSSR count). The van der Waals surface area contributed by atoms with E-state index in [2.05, 4.69) is 4.98 Å². The highest BCUT2D eigenvalue weighted by molar-refractivity contribution is 5.94. The molecule has 0 atom stereocenters. The Balaban J connectivity index is 2.32. The van der Waals surface area contributed by atoms with Gasteiger partial charge >= 0.3 is 5.97 Å². The molecular weight excluding hydrogens is 266 g/mol. The van der Waals surface area contributed by atoms with Crippen LogP contribution in [0.3, 0.4) is 0 Å². The van der Waals surface area contributed by atoms with Gasteiger partial charge in [0.25, 0.3) is 0 Å². The first-order valence-corrected chi connectivity index (χ1v) is 6.53. The summed E-state index contributed by atoms with van der Waals surface area (Å²) >= 11 is 0. The number of aromatic nitrogens is 1. The molecule has 0 spiro atoms. The minimum Gasteiger partial charge on any atom is -0.478 e. The lowest BCUT2D eigenvalue weighted by Gasteiger charge is -2.09. The maximum Gasteiger partial charge on any atom is 0.335 e. The van der Waals surface area contributed by atoms with Crippen molar-refractivity contribution in [1.82, 2.24) is 4.98 Å². The Bertz CT molecular complexity index is 895. The van der Waals surface area contributed by atoms with Crippen LogP contribution >= 0.6 is 0 Å². The summed E-state index contributed by atoms with van der Waals surface area (Å²) in [4.78, 5) is 26.7. The lowest BCUT2D eigenvalue weighted by Crippen LogP contribution is -2.10.